The molecule has 5 fully saturated rings. The van der Waals surface area contributed by atoms with Crippen LogP contribution in [0.3, 0.4) is 0 Å². The lowest BCUT2D eigenvalue weighted by atomic mass is 9.98. The molecule has 0 aromatic heterocycles. The fourth-order valence-electron chi connectivity index (χ4n) is 5.76. The Bertz CT molecular complexity index is 394. The Hall–Kier alpha value is -0.0900. The molecule has 94 valence electrons. The minimum absolute atomic E-state index is 0.0654. The highest BCUT2D eigenvalue weighted by molar-refractivity contribution is 9.09. The zero-order chi connectivity index (χ0) is 11.9. The molecule has 0 radical (unpaired) electrons. The predicted molar refractivity (Wildman–Crippen MR) is 64.5 cm³/mol. The number of aliphatic hydroxyl groups excluding tert-OH is 1. The predicted octanol–water partition coefficient (Wildman–Crippen LogP) is 1.58. The average molecular weight is 301 g/mol. The fraction of sp³-hybridized carbons (Fsp3) is 0.923. The normalized spacial score (nSPS) is 60.8. The third kappa shape index (κ3) is 1.02. The Balaban J connectivity index is 1.53. The Morgan fingerprint density at radius 1 is 1.47 bits per heavy atom. The van der Waals surface area contributed by atoms with Crippen LogP contribution in [0.5, 0.6) is 0 Å². The summed E-state index contributed by atoms with van der Waals surface area (Å²) in [5.74, 6) is 3.30. The molecule has 0 saturated heterocycles. The number of alkyl halides is 1. The van der Waals surface area contributed by atoms with E-state index in [0.29, 0.717) is 34.6 Å². The molecular weight excluding hydrogens is 284 g/mol. The van der Waals surface area contributed by atoms with Crippen molar-refractivity contribution in [3.8, 4) is 0 Å². The van der Waals surface area contributed by atoms with Crippen molar-refractivity contribution in [1.29, 1.82) is 0 Å². The first-order valence-corrected chi connectivity index (χ1v) is 7.46. The molecule has 0 spiro atoms. The van der Waals surface area contributed by atoms with Gasteiger partial charge in [0.25, 0.3) is 0 Å². The second kappa shape index (κ2) is 3.08. The van der Waals surface area contributed by atoms with Gasteiger partial charge in [-0.15, -0.1) is 0 Å². The van der Waals surface area contributed by atoms with Crippen LogP contribution < -0.4 is 0 Å². The monoisotopic (exact) mass is 300 g/mol. The standard InChI is InChI=1S/C13H17BrO3/c1-5(15)17-3-2-13-10-6-4-7(16)9(11(10)13)8(6)12(13)14/h6-12,16H,2-4H2,1H3/t6-,7-,8-,9+,10+,11-,12-,13+/m0/s1. The molecule has 3 nitrogen and oxygen atoms in total. The van der Waals surface area contributed by atoms with Gasteiger partial charge in [0.1, 0.15) is 0 Å². The molecule has 0 aromatic rings. The van der Waals surface area contributed by atoms with E-state index in [4.69, 9.17) is 4.74 Å². The van der Waals surface area contributed by atoms with Gasteiger partial charge in [-0.05, 0) is 47.8 Å². The quantitative estimate of drug-likeness (QED) is 0.636. The smallest absolute Gasteiger partial charge is 0.302 e. The maximum atomic E-state index is 10.8. The largest absolute Gasteiger partial charge is 0.466 e. The third-order valence-corrected chi connectivity index (χ3v) is 7.45. The van der Waals surface area contributed by atoms with Crippen LogP contribution in [0.15, 0.2) is 0 Å². The zero-order valence-corrected chi connectivity index (χ0v) is 11.4. The van der Waals surface area contributed by atoms with E-state index >= 15 is 0 Å². The van der Waals surface area contributed by atoms with Crippen molar-refractivity contribution in [2.24, 2.45) is 35.0 Å². The maximum absolute atomic E-state index is 10.8. The Morgan fingerprint density at radius 3 is 2.82 bits per heavy atom. The van der Waals surface area contributed by atoms with Crippen LogP contribution in [-0.4, -0.2) is 28.6 Å². The van der Waals surface area contributed by atoms with E-state index in [1.165, 1.54) is 6.92 Å². The van der Waals surface area contributed by atoms with Gasteiger partial charge in [-0.25, -0.2) is 0 Å². The summed E-state index contributed by atoms with van der Waals surface area (Å²) in [6, 6.07) is 0. The molecule has 0 aromatic carbocycles. The van der Waals surface area contributed by atoms with Crippen molar-refractivity contribution in [3.05, 3.63) is 0 Å². The van der Waals surface area contributed by atoms with Gasteiger partial charge >= 0.3 is 5.97 Å². The summed E-state index contributed by atoms with van der Waals surface area (Å²) >= 11 is 3.87. The Morgan fingerprint density at radius 2 is 2.24 bits per heavy atom. The van der Waals surface area contributed by atoms with Crippen LogP contribution in [0.25, 0.3) is 0 Å². The maximum Gasteiger partial charge on any atom is 0.302 e. The van der Waals surface area contributed by atoms with Gasteiger partial charge in [0.05, 0.1) is 12.7 Å². The van der Waals surface area contributed by atoms with Crippen molar-refractivity contribution < 1.29 is 14.6 Å². The van der Waals surface area contributed by atoms with Crippen molar-refractivity contribution in [3.63, 3.8) is 0 Å². The highest BCUT2D eigenvalue weighted by atomic mass is 79.9. The van der Waals surface area contributed by atoms with Gasteiger partial charge in [-0.1, -0.05) is 15.9 Å². The first kappa shape index (κ1) is 10.8. The van der Waals surface area contributed by atoms with Crippen LogP contribution in [0, 0.1) is 35.0 Å². The molecule has 0 unspecified atom stereocenters. The van der Waals surface area contributed by atoms with Gasteiger partial charge in [0, 0.05) is 11.8 Å². The first-order chi connectivity index (χ1) is 8.09. The lowest BCUT2D eigenvalue weighted by Crippen LogP contribution is -2.20. The summed E-state index contributed by atoms with van der Waals surface area (Å²) in [4.78, 5) is 11.4. The van der Waals surface area contributed by atoms with Gasteiger partial charge in [0.15, 0.2) is 0 Å². The summed E-state index contributed by atoms with van der Waals surface area (Å²) in [7, 11) is 0. The number of carbonyl (C=O) groups is 1. The highest BCUT2D eigenvalue weighted by Gasteiger charge is 2.88. The highest BCUT2D eigenvalue weighted by Crippen LogP contribution is 2.89. The molecular formula is C13H17BrO3. The number of halogens is 1. The van der Waals surface area contributed by atoms with E-state index in [0.717, 1.165) is 24.7 Å². The lowest BCUT2D eigenvalue weighted by molar-refractivity contribution is -0.141. The fourth-order valence-corrected chi connectivity index (χ4v) is 7.35. The van der Waals surface area contributed by atoms with Gasteiger partial charge in [0.2, 0.25) is 0 Å². The summed E-state index contributed by atoms with van der Waals surface area (Å²) in [6.07, 6.45) is 1.92. The summed E-state index contributed by atoms with van der Waals surface area (Å²) in [5.41, 5.74) is 0.354. The van der Waals surface area contributed by atoms with E-state index in [9.17, 15) is 9.90 Å². The molecule has 0 amide bonds. The average Bonchev–Trinajstić information content (AvgIpc) is 2.51. The molecule has 17 heavy (non-hydrogen) atoms. The lowest BCUT2D eigenvalue weighted by Gasteiger charge is -2.17. The van der Waals surface area contributed by atoms with Crippen LogP contribution in [0.2, 0.25) is 0 Å². The zero-order valence-electron chi connectivity index (χ0n) is 9.80. The van der Waals surface area contributed by atoms with Crippen molar-refractivity contribution in [1.82, 2.24) is 0 Å². The molecule has 5 aliphatic rings. The topological polar surface area (TPSA) is 46.5 Å². The van der Waals surface area contributed by atoms with Crippen LogP contribution in [0.1, 0.15) is 19.8 Å². The Kier molecular flexibility index (Phi) is 1.95. The summed E-state index contributed by atoms with van der Waals surface area (Å²) in [6.45, 7) is 2.02. The molecule has 0 heterocycles. The van der Waals surface area contributed by atoms with E-state index in [-0.39, 0.29) is 12.1 Å². The van der Waals surface area contributed by atoms with Gasteiger partial charge < -0.3 is 9.84 Å². The third-order valence-electron chi connectivity index (χ3n) is 5.98. The number of rotatable bonds is 3. The number of hydrogen-bond donors (Lipinski definition) is 1. The number of carbonyl (C=O) groups excluding carboxylic acids is 1. The van der Waals surface area contributed by atoms with Crippen LogP contribution in [-0.2, 0) is 9.53 Å². The minimum Gasteiger partial charge on any atom is -0.466 e. The van der Waals surface area contributed by atoms with Gasteiger partial charge in [-0.3, -0.25) is 4.79 Å². The first-order valence-electron chi connectivity index (χ1n) is 6.54. The number of ether oxygens (including phenoxy) is 1. The van der Waals surface area contributed by atoms with E-state index in [1.807, 2.05) is 0 Å². The second-order valence-corrected chi connectivity index (χ2v) is 7.26. The van der Waals surface area contributed by atoms with E-state index in [1.54, 1.807) is 0 Å². The van der Waals surface area contributed by atoms with E-state index in [2.05, 4.69) is 15.9 Å². The summed E-state index contributed by atoms with van der Waals surface area (Å²) in [5, 5.41) is 10.1. The Labute approximate surface area is 109 Å². The summed E-state index contributed by atoms with van der Waals surface area (Å²) < 4.78 is 5.11. The molecule has 4 heteroatoms. The SMILES string of the molecule is CC(=O)OCC[C@]12[C@@H]3[C@H]4C[C@H](O)[C@H]([C@H]4[C@@H]1Br)[C@@H]32. The molecule has 5 rings (SSSR count). The molecule has 6 bridgehead atoms. The molecule has 8 atom stereocenters. The molecule has 5 aliphatic carbocycles. The molecule has 1 N–H and O–H groups in total. The van der Waals surface area contributed by atoms with Crippen molar-refractivity contribution >= 4 is 21.9 Å². The van der Waals surface area contributed by atoms with Crippen molar-refractivity contribution in [2.45, 2.75) is 30.7 Å². The second-order valence-electron chi connectivity index (χ2n) is 6.28. The van der Waals surface area contributed by atoms with E-state index < -0.39 is 0 Å². The molecule has 0 aliphatic heterocycles. The molecule has 5 saturated carbocycles. The van der Waals surface area contributed by atoms with Crippen LogP contribution >= 0.6 is 15.9 Å². The van der Waals surface area contributed by atoms with Gasteiger partial charge in [-0.2, -0.15) is 0 Å². The number of esters is 1. The van der Waals surface area contributed by atoms with Crippen molar-refractivity contribution in [2.75, 3.05) is 6.61 Å². The van der Waals surface area contributed by atoms with Crippen LogP contribution in [0.4, 0.5) is 0 Å². The number of hydrogen-bond acceptors (Lipinski definition) is 3. The minimum atomic E-state index is -0.182. The number of aliphatic hydroxyl groups is 1.